The molecule has 4 nitrogen and oxygen atoms in total. The Kier molecular flexibility index (Phi) is 5.36. The molecule has 0 spiro atoms. The number of ether oxygens (including phenoxy) is 2. The van der Waals surface area contributed by atoms with E-state index in [2.05, 4.69) is 0 Å². The summed E-state index contributed by atoms with van der Waals surface area (Å²) in [6.07, 6.45) is 2.43. The summed E-state index contributed by atoms with van der Waals surface area (Å²) in [6.45, 7) is 3.85. The fourth-order valence-corrected chi connectivity index (χ4v) is 1.60. The Morgan fingerprint density at radius 1 is 1.39 bits per heavy atom. The largest absolute Gasteiger partial charge is 0.493 e. The number of esters is 1. The van der Waals surface area contributed by atoms with Crippen molar-refractivity contribution in [3.63, 3.8) is 0 Å². The van der Waals surface area contributed by atoms with Crippen molar-refractivity contribution in [1.29, 1.82) is 0 Å². The molecule has 0 heterocycles. The Bertz CT molecular complexity index is 426. The number of methoxy groups -OCH3 is 1. The van der Waals surface area contributed by atoms with Gasteiger partial charge in [-0.25, -0.2) is 0 Å². The van der Waals surface area contributed by atoms with Crippen molar-refractivity contribution in [2.75, 3.05) is 7.11 Å². The average Bonchev–Trinajstić information content (AvgIpc) is 2.39. The molecule has 1 aromatic carbocycles. The molecule has 0 saturated heterocycles. The molecule has 1 unspecified atom stereocenters. The third-order valence-electron chi connectivity index (χ3n) is 2.66. The van der Waals surface area contributed by atoms with E-state index in [1.54, 1.807) is 18.2 Å². The minimum absolute atomic E-state index is 0.148. The predicted octanol–water partition coefficient (Wildman–Crippen LogP) is 2.85. The van der Waals surface area contributed by atoms with Gasteiger partial charge in [-0.3, -0.25) is 9.59 Å². The second-order valence-electron chi connectivity index (χ2n) is 4.14. The maximum atomic E-state index is 11.8. The van der Waals surface area contributed by atoms with E-state index in [9.17, 15) is 9.59 Å². The van der Waals surface area contributed by atoms with Gasteiger partial charge >= 0.3 is 5.97 Å². The Morgan fingerprint density at radius 3 is 2.67 bits per heavy atom. The number of carbonyl (C=O) groups is 2. The van der Waals surface area contributed by atoms with E-state index >= 15 is 0 Å². The van der Waals surface area contributed by atoms with Gasteiger partial charge in [0, 0.05) is 5.56 Å². The first-order valence-electron chi connectivity index (χ1n) is 5.97. The lowest BCUT2D eigenvalue weighted by molar-refractivity contribution is -0.138. The molecule has 0 aromatic heterocycles. The molecule has 0 fully saturated rings. The van der Waals surface area contributed by atoms with Gasteiger partial charge in [0.25, 0.3) is 0 Å². The summed E-state index contributed by atoms with van der Waals surface area (Å²) < 4.78 is 10.4. The molecule has 18 heavy (non-hydrogen) atoms. The molecular weight excluding hydrogens is 232 g/mol. The van der Waals surface area contributed by atoms with Crippen molar-refractivity contribution in [3.8, 4) is 11.5 Å². The smallest absolute Gasteiger partial charge is 0.314 e. The Morgan fingerprint density at radius 2 is 2.11 bits per heavy atom. The Labute approximate surface area is 107 Å². The van der Waals surface area contributed by atoms with E-state index < -0.39 is 0 Å². The quantitative estimate of drug-likeness (QED) is 0.442. The molecule has 0 aliphatic carbocycles. The van der Waals surface area contributed by atoms with Gasteiger partial charge in [-0.05, 0) is 24.6 Å². The van der Waals surface area contributed by atoms with E-state index in [-0.39, 0.29) is 11.9 Å². The Balaban J connectivity index is 2.83. The maximum Gasteiger partial charge on any atom is 0.314 e. The number of carbonyl (C=O) groups excluding carboxylic acids is 2. The van der Waals surface area contributed by atoms with Crippen molar-refractivity contribution < 1.29 is 19.1 Å². The SMILES string of the molecule is CCCC(C)C(=O)Oc1ccc(C=O)cc1OC. The second-order valence-corrected chi connectivity index (χ2v) is 4.14. The molecule has 0 N–H and O–H groups in total. The van der Waals surface area contributed by atoms with Crippen LogP contribution in [0, 0.1) is 5.92 Å². The van der Waals surface area contributed by atoms with Crippen molar-refractivity contribution >= 4 is 12.3 Å². The van der Waals surface area contributed by atoms with Gasteiger partial charge in [0.2, 0.25) is 0 Å². The molecule has 0 radical (unpaired) electrons. The van der Waals surface area contributed by atoms with Crippen LogP contribution in [-0.2, 0) is 4.79 Å². The normalized spacial score (nSPS) is 11.7. The zero-order valence-electron chi connectivity index (χ0n) is 10.9. The molecule has 1 aromatic rings. The molecular formula is C14H18O4. The van der Waals surface area contributed by atoms with E-state index in [0.717, 1.165) is 12.8 Å². The van der Waals surface area contributed by atoms with Crippen molar-refractivity contribution in [2.24, 2.45) is 5.92 Å². The van der Waals surface area contributed by atoms with Crippen LogP contribution in [0.2, 0.25) is 0 Å². The summed E-state index contributed by atoms with van der Waals surface area (Å²) in [5, 5.41) is 0. The average molecular weight is 250 g/mol. The standard InChI is InChI=1S/C14H18O4/c1-4-5-10(2)14(16)18-12-7-6-11(9-15)8-13(12)17-3/h6-10H,4-5H2,1-3H3. The van der Waals surface area contributed by atoms with E-state index in [1.807, 2.05) is 13.8 Å². The van der Waals surface area contributed by atoms with E-state index in [0.29, 0.717) is 23.3 Å². The van der Waals surface area contributed by atoms with Crippen LogP contribution in [0.15, 0.2) is 18.2 Å². The van der Waals surface area contributed by atoms with Crippen molar-refractivity contribution in [1.82, 2.24) is 0 Å². The van der Waals surface area contributed by atoms with Crippen LogP contribution in [0.25, 0.3) is 0 Å². The van der Waals surface area contributed by atoms with Crippen LogP contribution in [-0.4, -0.2) is 19.4 Å². The van der Waals surface area contributed by atoms with Gasteiger partial charge < -0.3 is 9.47 Å². The summed E-state index contributed by atoms with van der Waals surface area (Å²) >= 11 is 0. The summed E-state index contributed by atoms with van der Waals surface area (Å²) in [5.41, 5.74) is 0.480. The predicted molar refractivity (Wildman–Crippen MR) is 68.1 cm³/mol. The van der Waals surface area contributed by atoms with Gasteiger partial charge in [0.05, 0.1) is 13.0 Å². The first-order chi connectivity index (χ1) is 8.62. The summed E-state index contributed by atoms with van der Waals surface area (Å²) in [6, 6.07) is 4.70. The van der Waals surface area contributed by atoms with Crippen LogP contribution < -0.4 is 9.47 Å². The van der Waals surface area contributed by atoms with Crippen molar-refractivity contribution in [2.45, 2.75) is 26.7 Å². The zero-order chi connectivity index (χ0) is 13.5. The van der Waals surface area contributed by atoms with Gasteiger partial charge in [-0.2, -0.15) is 0 Å². The molecule has 4 heteroatoms. The Hall–Kier alpha value is -1.84. The highest BCUT2D eigenvalue weighted by Crippen LogP contribution is 2.28. The molecule has 0 aliphatic heterocycles. The van der Waals surface area contributed by atoms with Crippen LogP contribution in [0.1, 0.15) is 37.0 Å². The second kappa shape index (κ2) is 6.79. The highest BCUT2D eigenvalue weighted by Gasteiger charge is 2.16. The number of hydrogen-bond donors (Lipinski definition) is 0. The lowest BCUT2D eigenvalue weighted by Crippen LogP contribution is -2.18. The molecule has 0 saturated carbocycles. The van der Waals surface area contributed by atoms with Crippen LogP contribution in [0.4, 0.5) is 0 Å². The first kappa shape index (κ1) is 14.2. The molecule has 98 valence electrons. The topological polar surface area (TPSA) is 52.6 Å². The third-order valence-corrected chi connectivity index (χ3v) is 2.66. The van der Waals surface area contributed by atoms with E-state index in [4.69, 9.17) is 9.47 Å². The summed E-state index contributed by atoms with van der Waals surface area (Å²) in [7, 11) is 1.47. The number of aldehydes is 1. The minimum atomic E-state index is -0.283. The van der Waals surface area contributed by atoms with Gasteiger partial charge in [-0.15, -0.1) is 0 Å². The van der Waals surface area contributed by atoms with Crippen LogP contribution in [0.5, 0.6) is 11.5 Å². The molecule has 0 amide bonds. The minimum Gasteiger partial charge on any atom is -0.493 e. The monoisotopic (exact) mass is 250 g/mol. The maximum absolute atomic E-state index is 11.8. The summed E-state index contributed by atoms with van der Waals surface area (Å²) in [4.78, 5) is 22.4. The van der Waals surface area contributed by atoms with Crippen LogP contribution in [0.3, 0.4) is 0 Å². The van der Waals surface area contributed by atoms with Crippen molar-refractivity contribution in [3.05, 3.63) is 23.8 Å². The van der Waals surface area contributed by atoms with E-state index in [1.165, 1.54) is 7.11 Å². The van der Waals surface area contributed by atoms with Gasteiger partial charge in [0.15, 0.2) is 11.5 Å². The number of hydrogen-bond acceptors (Lipinski definition) is 4. The highest BCUT2D eigenvalue weighted by atomic mass is 16.6. The lowest BCUT2D eigenvalue weighted by atomic mass is 10.1. The third kappa shape index (κ3) is 3.58. The first-order valence-corrected chi connectivity index (χ1v) is 5.97. The highest BCUT2D eigenvalue weighted by molar-refractivity contribution is 5.78. The molecule has 0 bridgehead atoms. The number of benzene rings is 1. The summed E-state index contributed by atoms with van der Waals surface area (Å²) in [5.74, 6) is 0.298. The van der Waals surface area contributed by atoms with Gasteiger partial charge in [-0.1, -0.05) is 20.3 Å². The fourth-order valence-electron chi connectivity index (χ4n) is 1.60. The molecule has 0 aliphatic rings. The van der Waals surface area contributed by atoms with Crippen LogP contribution >= 0.6 is 0 Å². The van der Waals surface area contributed by atoms with Gasteiger partial charge in [0.1, 0.15) is 6.29 Å². The zero-order valence-corrected chi connectivity index (χ0v) is 10.9. The lowest BCUT2D eigenvalue weighted by Gasteiger charge is -2.12. The number of rotatable bonds is 6. The molecule has 1 rings (SSSR count). The molecule has 1 atom stereocenters. The fraction of sp³-hybridized carbons (Fsp3) is 0.429.